The Morgan fingerprint density at radius 3 is 2.32 bits per heavy atom. The molecular formula is C18H22O7. The van der Waals surface area contributed by atoms with E-state index in [0.717, 1.165) is 5.56 Å². The standard InChI is InChI=1S/C18H22O7/c1-10-5-6-12-13(7-10)25-9-11(8-14(19)22-2)15(12)16(17(20)23-3)18(21)24-4/h5-7,11,15-16H,8-9H2,1-4H3. The Kier molecular flexibility index (Phi) is 6.01. The Morgan fingerprint density at radius 2 is 1.76 bits per heavy atom. The van der Waals surface area contributed by atoms with E-state index < -0.39 is 35.7 Å². The van der Waals surface area contributed by atoms with Crippen LogP contribution in [0.4, 0.5) is 0 Å². The van der Waals surface area contributed by atoms with E-state index in [9.17, 15) is 14.4 Å². The van der Waals surface area contributed by atoms with Crippen LogP contribution in [-0.4, -0.2) is 45.8 Å². The van der Waals surface area contributed by atoms with Crippen LogP contribution < -0.4 is 4.74 Å². The van der Waals surface area contributed by atoms with E-state index in [-0.39, 0.29) is 13.0 Å². The molecule has 1 aliphatic heterocycles. The minimum Gasteiger partial charge on any atom is -0.493 e. The lowest BCUT2D eigenvalue weighted by Crippen LogP contribution is -2.40. The van der Waals surface area contributed by atoms with Gasteiger partial charge in [-0.3, -0.25) is 14.4 Å². The lowest BCUT2D eigenvalue weighted by atomic mass is 9.73. The number of ether oxygens (including phenoxy) is 4. The maximum Gasteiger partial charge on any atom is 0.320 e. The number of benzene rings is 1. The second-order valence-electron chi connectivity index (χ2n) is 5.94. The molecule has 0 spiro atoms. The van der Waals surface area contributed by atoms with Crippen molar-refractivity contribution >= 4 is 17.9 Å². The van der Waals surface area contributed by atoms with Crippen molar-refractivity contribution in [3.63, 3.8) is 0 Å². The van der Waals surface area contributed by atoms with Crippen molar-refractivity contribution < 1.29 is 33.3 Å². The van der Waals surface area contributed by atoms with E-state index >= 15 is 0 Å². The van der Waals surface area contributed by atoms with Gasteiger partial charge in [-0.15, -0.1) is 0 Å². The molecule has 7 nitrogen and oxygen atoms in total. The molecule has 2 atom stereocenters. The predicted molar refractivity (Wildman–Crippen MR) is 87.1 cm³/mol. The minimum atomic E-state index is -1.19. The molecule has 2 unspecified atom stereocenters. The van der Waals surface area contributed by atoms with Crippen molar-refractivity contribution in [3.05, 3.63) is 29.3 Å². The summed E-state index contributed by atoms with van der Waals surface area (Å²) in [7, 11) is 3.71. The second kappa shape index (κ2) is 8.00. The first-order chi connectivity index (χ1) is 11.9. The van der Waals surface area contributed by atoms with Gasteiger partial charge >= 0.3 is 17.9 Å². The summed E-state index contributed by atoms with van der Waals surface area (Å²) in [5.41, 5.74) is 1.66. The molecule has 0 saturated carbocycles. The molecule has 0 amide bonds. The molecule has 0 radical (unpaired) electrons. The number of esters is 3. The highest BCUT2D eigenvalue weighted by molar-refractivity contribution is 5.96. The molecular weight excluding hydrogens is 328 g/mol. The van der Waals surface area contributed by atoms with E-state index in [1.807, 2.05) is 19.1 Å². The Labute approximate surface area is 146 Å². The van der Waals surface area contributed by atoms with Crippen LogP contribution in [0.2, 0.25) is 0 Å². The second-order valence-corrected chi connectivity index (χ2v) is 5.94. The van der Waals surface area contributed by atoms with E-state index in [0.29, 0.717) is 11.3 Å². The van der Waals surface area contributed by atoms with E-state index in [4.69, 9.17) is 18.9 Å². The van der Waals surface area contributed by atoms with Crippen molar-refractivity contribution in [2.45, 2.75) is 19.3 Å². The maximum atomic E-state index is 12.3. The lowest BCUT2D eigenvalue weighted by Gasteiger charge is -2.36. The molecule has 1 heterocycles. The van der Waals surface area contributed by atoms with Gasteiger partial charge in [-0.25, -0.2) is 0 Å². The molecule has 2 rings (SSSR count). The quantitative estimate of drug-likeness (QED) is 0.453. The van der Waals surface area contributed by atoms with Crippen molar-refractivity contribution in [1.82, 2.24) is 0 Å². The summed E-state index contributed by atoms with van der Waals surface area (Å²) in [6.07, 6.45) is 0.0129. The summed E-state index contributed by atoms with van der Waals surface area (Å²) >= 11 is 0. The third kappa shape index (κ3) is 3.92. The number of methoxy groups -OCH3 is 3. The van der Waals surface area contributed by atoms with Crippen molar-refractivity contribution in [3.8, 4) is 5.75 Å². The van der Waals surface area contributed by atoms with Crippen molar-refractivity contribution in [2.75, 3.05) is 27.9 Å². The molecule has 0 aliphatic carbocycles. The Hall–Kier alpha value is -2.57. The fourth-order valence-electron chi connectivity index (χ4n) is 3.17. The molecule has 0 fully saturated rings. The van der Waals surface area contributed by atoms with Crippen LogP contribution in [0.3, 0.4) is 0 Å². The zero-order valence-electron chi connectivity index (χ0n) is 14.7. The highest BCUT2D eigenvalue weighted by atomic mass is 16.5. The van der Waals surface area contributed by atoms with Crippen molar-refractivity contribution in [1.29, 1.82) is 0 Å². The molecule has 7 heteroatoms. The van der Waals surface area contributed by atoms with Crippen LogP contribution in [-0.2, 0) is 28.6 Å². The highest BCUT2D eigenvalue weighted by Crippen LogP contribution is 2.44. The van der Waals surface area contributed by atoms with E-state index in [1.165, 1.54) is 21.3 Å². The summed E-state index contributed by atoms with van der Waals surface area (Å²) < 4.78 is 20.1. The van der Waals surface area contributed by atoms with Gasteiger partial charge in [-0.05, 0) is 24.1 Å². The van der Waals surface area contributed by atoms with Gasteiger partial charge < -0.3 is 18.9 Å². The van der Waals surface area contributed by atoms with Crippen LogP contribution >= 0.6 is 0 Å². The number of rotatable bonds is 5. The monoisotopic (exact) mass is 350 g/mol. The van der Waals surface area contributed by atoms with Gasteiger partial charge in [-0.1, -0.05) is 12.1 Å². The lowest BCUT2D eigenvalue weighted by molar-refractivity contribution is -0.162. The molecule has 0 bridgehead atoms. The van der Waals surface area contributed by atoms with Crippen molar-refractivity contribution in [2.24, 2.45) is 11.8 Å². The number of fused-ring (bicyclic) bond motifs is 1. The van der Waals surface area contributed by atoms with Crippen LogP contribution in [0.25, 0.3) is 0 Å². The fourth-order valence-corrected chi connectivity index (χ4v) is 3.17. The number of carbonyl (C=O) groups is 3. The zero-order valence-corrected chi connectivity index (χ0v) is 14.7. The average Bonchev–Trinajstić information content (AvgIpc) is 2.62. The van der Waals surface area contributed by atoms with E-state index in [1.54, 1.807) is 6.07 Å². The Balaban J connectivity index is 2.52. The van der Waals surface area contributed by atoms with Gasteiger partial charge in [0.1, 0.15) is 5.75 Å². The number of carbonyl (C=O) groups excluding carboxylic acids is 3. The third-order valence-electron chi connectivity index (χ3n) is 4.41. The van der Waals surface area contributed by atoms with Crippen LogP contribution in [0.15, 0.2) is 18.2 Å². The third-order valence-corrected chi connectivity index (χ3v) is 4.41. The fraction of sp³-hybridized carbons (Fsp3) is 0.500. The molecule has 1 aromatic rings. The van der Waals surface area contributed by atoms with Gasteiger partial charge in [0.2, 0.25) is 0 Å². The summed E-state index contributed by atoms with van der Waals surface area (Å²) in [6.45, 7) is 2.10. The summed E-state index contributed by atoms with van der Waals surface area (Å²) in [5.74, 6) is -3.49. The number of aryl methyl sites for hydroxylation is 1. The van der Waals surface area contributed by atoms with Gasteiger partial charge in [0.15, 0.2) is 5.92 Å². The van der Waals surface area contributed by atoms with Crippen LogP contribution in [0.1, 0.15) is 23.5 Å². The summed E-state index contributed by atoms with van der Waals surface area (Å²) in [4.78, 5) is 36.4. The zero-order chi connectivity index (χ0) is 18.6. The van der Waals surface area contributed by atoms with E-state index in [2.05, 4.69) is 0 Å². The van der Waals surface area contributed by atoms with Gasteiger partial charge in [0, 0.05) is 11.8 Å². The summed E-state index contributed by atoms with van der Waals surface area (Å²) in [6, 6.07) is 5.50. The molecule has 136 valence electrons. The summed E-state index contributed by atoms with van der Waals surface area (Å²) in [5, 5.41) is 0. The highest BCUT2D eigenvalue weighted by Gasteiger charge is 2.46. The first kappa shape index (κ1) is 18.8. The molecule has 0 saturated heterocycles. The normalized spacial score (nSPS) is 18.8. The molecule has 0 aromatic heterocycles. The van der Waals surface area contributed by atoms with Crippen LogP contribution in [0.5, 0.6) is 5.75 Å². The largest absolute Gasteiger partial charge is 0.493 e. The number of hydrogen-bond donors (Lipinski definition) is 0. The first-order valence-electron chi connectivity index (χ1n) is 7.88. The molecule has 1 aliphatic rings. The predicted octanol–water partition coefficient (Wildman–Crippen LogP) is 1.61. The maximum absolute atomic E-state index is 12.3. The Bertz CT molecular complexity index is 651. The van der Waals surface area contributed by atoms with Crippen LogP contribution in [0, 0.1) is 18.8 Å². The van der Waals surface area contributed by atoms with Gasteiger partial charge in [-0.2, -0.15) is 0 Å². The molecule has 0 N–H and O–H groups in total. The topological polar surface area (TPSA) is 88.1 Å². The van der Waals surface area contributed by atoms with Gasteiger partial charge in [0.05, 0.1) is 34.4 Å². The average molecular weight is 350 g/mol. The molecule has 25 heavy (non-hydrogen) atoms. The van der Waals surface area contributed by atoms with Gasteiger partial charge in [0.25, 0.3) is 0 Å². The Morgan fingerprint density at radius 1 is 1.12 bits per heavy atom. The minimum absolute atomic E-state index is 0.0129. The SMILES string of the molecule is COC(=O)CC1COc2cc(C)ccc2C1C(C(=O)OC)C(=O)OC. The number of hydrogen-bond acceptors (Lipinski definition) is 7. The first-order valence-corrected chi connectivity index (χ1v) is 7.88. The smallest absolute Gasteiger partial charge is 0.320 e. The molecule has 1 aromatic carbocycles.